The minimum Gasteiger partial charge on any atom is -0.496 e. The summed E-state index contributed by atoms with van der Waals surface area (Å²) in [5.41, 5.74) is 4.82. The second-order valence-electron chi connectivity index (χ2n) is 8.64. The summed E-state index contributed by atoms with van der Waals surface area (Å²) in [5, 5.41) is 3.95. The molecule has 0 saturated heterocycles. The highest BCUT2D eigenvalue weighted by Gasteiger charge is 2.20. The van der Waals surface area contributed by atoms with Crippen LogP contribution in [0.5, 0.6) is 5.75 Å². The van der Waals surface area contributed by atoms with Gasteiger partial charge in [-0.25, -0.2) is 4.79 Å². The maximum absolute atomic E-state index is 12.7. The molecule has 1 aliphatic rings. The van der Waals surface area contributed by atoms with Crippen molar-refractivity contribution in [1.29, 1.82) is 0 Å². The molecule has 1 aromatic heterocycles. The van der Waals surface area contributed by atoms with Crippen LogP contribution in [0.1, 0.15) is 66.8 Å². The number of hydrogen-bond acceptors (Lipinski definition) is 5. The van der Waals surface area contributed by atoms with Gasteiger partial charge < -0.3 is 19.2 Å². The van der Waals surface area contributed by atoms with E-state index >= 15 is 0 Å². The molecule has 178 valence electrons. The van der Waals surface area contributed by atoms with Crippen molar-refractivity contribution in [2.75, 3.05) is 19.0 Å². The van der Waals surface area contributed by atoms with Crippen LogP contribution in [-0.2, 0) is 22.4 Å². The van der Waals surface area contributed by atoms with Crippen LogP contribution in [0.4, 0.5) is 5.69 Å². The number of ether oxygens (including phenoxy) is 2. The topological polar surface area (TPSA) is 77.8 Å². The highest BCUT2D eigenvalue weighted by atomic mass is 16.5. The lowest BCUT2D eigenvalue weighted by Gasteiger charge is -2.11. The van der Waals surface area contributed by atoms with Crippen LogP contribution < -0.4 is 10.1 Å². The van der Waals surface area contributed by atoms with E-state index in [1.807, 2.05) is 19.9 Å². The van der Waals surface area contributed by atoms with E-state index in [4.69, 9.17) is 13.9 Å². The van der Waals surface area contributed by atoms with E-state index in [1.54, 1.807) is 37.5 Å². The van der Waals surface area contributed by atoms with Crippen molar-refractivity contribution in [3.8, 4) is 5.75 Å². The lowest BCUT2D eigenvalue weighted by molar-refractivity contribution is -0.111. The number of allylic oxidation sites excluding steroid dienone is 1. The minimum absolute atomic E-state index is 0.257. The van der Waals surface area contributed by atoms with E-state index in [2.05, 4.69) is 11.4 Å². The molecular formula is C28H31NO5. The Bertz CT molecular complexity index is 1220. The number of furan rings is 1. The number of unbranched alkanes of at least 4 members (excludes halogenated alkanes) is 1. The van der Waals surface area contributed by atoms with Gasteiger partial charge in [-0.05, 0) is 68.5 Å². The van der Waals surface area contributed by atoms with Gasteiger partial charge >= 0.3 is 5.97 Å². The number of amides is 1. The molecule has 0 fully saturated rings. The SMILES string of the molecule is CCCCOC(=O)c1ccc(NC(=O)/C=C(\C)c2cc3c4c(oc3cc2OC)CCCC4)cc1. The zero-order valence-corrected chi connectivity index (χ0v) is 20.0. The summed E-state index contributed by atoms with van der Waals surface area (Å²) in [5.74, 6) is 1.13. The second-order valence-corrected chi connectivity index (χ2v) is 8.64. The van der Waals surface area contributed by atoms with Crippen LogP contribution in [0.3, 0.4) is 0 Å². The van der Waals surface area contributed by atoms with E-state index in [-0.39, 0.29) is 11.9 Å². The number of methoxy groups -OCH3 is 1. The molecule has 4 rings (SSSR count). The predicted molar refractivity (Wildman–Crippen MR) is 133 cm³/mol. The molecule has 2 aromatic carbocycles. The Labute approximate surface area is 199 Å². The van der Waals surface area contributed by atoms with Gasteiger partial charge in [0.15, 0.2) is 0 Å². The Morgan fingerprint density at radius 3 is 2.62 bits per heavy atom. The van der Waals surface area contributed by atoms with Crippen LogP contribution in [0.15, 0.2) is 46.9 Å². The first kappa shape index (κ1) is 23.6. The molecule has 0 aliphatic heterocycles. The first-order valence-corrected chi connectivity index (χ1v) is 11.9. The van der Waals surface area contributed by atoms with Crippen molar-refractivity contribution in [1.82, 2.24) is 0 Å². The fraction of sp³-hybridized carbons (Fsp3) is 0.357. The number of hydrogen-bond donors (Lipinski definition) is 1. The van der Waals surface area contributed by atoms with Crippen LogP contribution >= 0.6 is 0 Å². The van der Waals surface area contributed by atoms with E-state index in [0.29, 0.717) is 23.6 Å². The smallest absolute Gasteiger partial charge is 0.338 e. The zero-order valence-electron chi connectivity index (χ0n) is 20.0. The summed E-state index contributed by atoms with van der Waals surface area (Å²) in [4.78, 5) is 24.7. The maximum atomic E-state index is 12.7. The molecule has 0 unspecified atom stereocenters. The highest BCUT2D eigenvalue weighted by molar-refractivity contribution is 6.05. The molecule has 1 N–H and O–H groups in total. The normalized spacial score (nSPS) is 13.4. The lowest BCUT2D eigenvalue weighted by atomic mass is 9.94. The Balaban J connectivity index is 1.49. The number of nitrogens with one attached hydrogen (secondary N) is 1. The summed E-state index contributed by atoms with van der Waals surface area (Å²) in [6.07, 6.45) is 7.66. The Hall–Kier alpha value is -3.54. The van der Waals surface area contributed by atoms with Crippen LogP contribution in [0.2, 0.25) is 0 Å². The van der Waals surface area contributed by atoms with Gasteiger partial charge in [0.25, 0.3) is 0 Å². The monoisotopic (exact) mass is 461 g/mol. The summed E-state index contributed by atoms with van der Waals surface area (Å²) in [6.45, 7) is 4.35. The average Bonchev–Trinajstić information content (AvgIpc) is 3.21. The fourth-order valence-corrected chi connectivity index (χ4v) is 4.30. The van der Waals surface area contributed by atoms with Crippen LogP contribution in [0, 0.1) is 0 Å². The van der Waals surface area contributed by atoms with Crippen molar-refractivity contribution in [3.63, 3.8) is 0 Å². The fourth-order valence-electron chi connectivity index (χ4n) is 4.30. The van der Waals surface area contributed by atoms with Gasteiger partial charge in [-0.2, -0.15) is 0 Å². The molecule has 1 heterocycles. The molecule has 6 nitrogen and oxygen atoms in total. The zero-order chi connectivity index (χ0) is 24.1. The number of anilines is 1. The summed E-state index contributed by atoms with van der Waals surface area (Å²) in [7, 11) is 1.62. The summed E-state index contributed by atoms with van der Waals surface area (Å²) < 4.78 is 16.9. The Morgan fingerprint density at radius 1 is 1.12 bits per heavy atom. The molecule has 0 radical (unpaired) electrons. The summed E-state index contributed by atoms with van der Waals surface area (Å²) in [6, 6.07) is 10.7. The molecule has 34 heavy (non-hydrogen) atoms. The van der Waals surface area contributed by atoms with Gasteiger partial charge in [-0.3, -0.25) is 4.79 Å². The van der Waals surface area contributed by atoms with Gasteiger partial charge in [-0.1, -0.05) is 13.3 Å². The van der Waals surface area contributed by atoms with Gasteiger partial charge in [-0.15, -0.1) is 0 Å². The number of carbonyl (C=O) groups excluding carboxylic acids is 2. The van der Waals surface area contributed by atoms with Crippen molar-refractivity contribution >= 4 is 34.1 Å². The number of aryl methyl sites for hydroxylation is 2. The van der Waals surface area contributed by atoms with Crippen molar-refractivity contribution in [2.45, 2.75) is 52.4 Å². The summed E-state index contributed by atoms with van der Waals surface area (Å²) >= 11 is 0. The van der Waals surface area contributed by atoms with Gasteiger partial charge in [0.1, 0.15) is 17.1 Å². The second kappa shape index (κ2) is 10.6. The first-order chi connectivity index (χ1) is 16.5. The van der Waals surface area contributed by atoms with E-state index in [0.717, 1.165) is 66.4 Å². The largest absolute Gasteiger partial charge is 0.496 e. The third-order valence-electron chi connectivity index (χ3n) is 6.17. The number of carbonyl (C=O) groups is 2. The van der Waals surface area contributed by atoms with Gasteiger partial charge in [0, 0.05) is 40.8 Å². The highest BCUT2D eigenvalue weighted by Crippen LogP contribution is 2.37. The van der Waals surface area contributed by atoms with E-state index < -0.39 is 0 Å². The van der Waals surface area contributed by atoms with E-state index in [9.17, 15) is 9.59 Å². The maximum Gasteiger partial charge on any atom is 0.338 e. The third-order valence-corrected chi connectivity index (χ3v) is 6.17. The van der Waals surface area contributed by atoms with Crippen LogP contribution in [-0.4, -0.2) is 25.6 Å². The Kier molecular flexibility index (Phi) is 7.36. The quantitative estimate of drug-likeness (QED) is 0.241. The van der Waals surface area contributed by atoms with Gasteiger partial charge in [0.05, 0.1) is 19.3 Å². The van der Waals surface area contributed by atoms with Crippen molar-refractivity contribution in [2.24, 2.45) is 0 Å². The molecule has 0 atom stereocenters. The number of fused-ring (bicyclic) bond motifs is 3. The van der Waals surface area contributed by atoms with Crippen LogP contribution in [0.25, 0.3) is 16.5 Å². The molecule has 6 heteroatoms. The molecule has 0 saturated carbocycles. The molecule has 0 bridgehead atoms. The number of benzene rings is 2. The molecular weight excluding hydrogens is 430 g/mol. The third kappa shape index (κ3) is 5.16. The number of rotatable bonds is 8. The predicted octanol–water partition coefficient (Wildman–Crippen LogP) is 6.32. The molecule has 3 aromatic rings. The average molecular weight is 462 g/mol. The lowest BCUT2D eigenvalue weighted by Crippen LogP contribution is -2.10. The molecule has 0 spiro atoms. The van der Waals surface area contributed by atoms with Crippen molar-refractivity contribution in [3.05, 3.63) is 64.9 Å². The molecule has 1 amide bonds. The van der Waals surface area contributed by atoms with Gasteiger partial charge in [0.2, 0.25) is 5.91 Å². The minimum atomic E-state index is -0.356. The van der Waals surface area contributed by atoms with E-state index in [1.165, 1.54) is 5.56 Å². The number of esters is 1. The van der Waals surface area contributed by atoms with Crippen molar-refractivity contribution < 1.29 is 23.5 Å². The molecule has 1 aliphatic carbocycles. The first-order valence-electron chi connectivity index (χ1n) is 11.9. The standard InChI is InChI=1S/C28H31NO5/c1-4-5-14-33-28(31)19-10-12-20(13-11-19)29-27(30)15-18(2)22-16-23-21-8-6-7-9-24(21)34-26(23)17-25(22)32-3/h10-13,15-17H,4-9,14H2,1-3H3,(H,29,30)/b18-15+. The Morgan fingerprint density at radius 2 is 1.88 bits per heavy atom.